The predicted molar refractivity (Wildman–Crippen MR) is 92.3 cm³/mol. The molecule has 1 aromatic carbocycles. The molecular formula is C17H26N2O2S. The fourth-order valence-electron chi connectivity index (χ4n) is 1.97. The highest BCUT2D eigenvalue weighted by Gasteiger charge is 2.18. The molecule has 122 valence electrons. The number of benzene rings is 1. The number of piperidine rings is 1. The summed E-state index contributed by atoms with van der Waals surface area (Å²) in [6, 6.07) is 12.0. The number of hydrogen-bond acceptors (Lipinski definition) is 4. The van der Waals surface area contributed by atoms with Gasteiger partial charge in [0.2, 0.25) is 5.91 Å². The molecule has 1 heterocycles. The van der Waals surface area contributed by atoms with E-state index in [-0.39, 0.29) is 16.9 Å². The lowest BCUT2D eigenvalue weighted by atomic mass is 10.1. The molecule has 22 heavy (non-hydrogen) atoms. The van der Waals surface area contributed by atoms with E-state index in [0.717, 1.165) is 25.9 Å². The van der Waals surface area contributed by atoms with Gasteiger partial charge in [-0.1, -0.05) is 61.5 Å². The molecule has 1 amide bonds. The summed E-state index contributed by atoms with van der Waals surface area (Å²) in [5, 5.41) is 2.05. The van der Waals surface area contributed by atoms with E-state index < -0.39 is 0 Å². The van der Waals surface area contributed by atoms with Crippen LogP contribution in [0.25, 0.3) is 0 Å². The summed E-state index contributed by atoms with van der Waals surface area (Å²) in [5.41, 5.74) is 2.91. The smallest absolute Gasteiger partial charge is 0.237 e. The third-order valence-corrected chi connectivity index (χ3v) is 4.35. The topological polar surface area (TPSA) is 49.4 Å². The van der Waals surface area contributed by atoms with Crippen molar-refractivity contribution in [2.24, 2.45) is 5.92 Å². The van der Waals surface area contributed by atoms with Crippen molar-refractivity contribution in [2.75, 3.05) is 18.8 Å². The van der Waals surface area contributed by atoms with Gasteiger partial charge in [0.05, 0.1) is 0 Å². The van der Waals surface area contributed by atoms with Crippen LogP contribution in [0.1, 0.15) is 33.1 Å². The summed E-state index contributed by atoms with van der Waals surface area (Å²) in [6.45, 7) is 5.27. The van der Waals surface area contributed by atoms with Crippen molar-refractivity contribution in [1.29, 1.82) is 0 Å². The molecule has 1 N–H and O–H groups in total. The van der Waals surface area contributed by atoms with Gasteiger partial charge in [-0.05, 0) is 12.8 Å². The lowest BCUT2D eigenvalue weighted by molar-refractivity contribution is -0.129. The van der Waals surface area contributed by atoms with Crippen LogP contribution in [0.15, 0.2) is 36.4 Å². The molecule has 1 fully saturated rings. The van der Waals surface area contributed by atoms with Crippen LogP contribution in [0.3, 0.4) is 0 Å². The van der Waals surface area contributed by atoms with Gasteiger partial charge in [-0.15, -0.1) is 0 Å². The predicted octanol–water partition coefficient (Wildman–Crippen LogP) is 3.11. The lowest BCUT2D eigenvalue weighted by Gasteiger charge is -2.28. The molecule has 0 aliphatic carbocycles. The maximum Gasteiger partial charge on any atom is 0.237 e. The molecular weight excluding hydrogens is 296 g/mol. The standard InChI is InChI=1S/C11H20N2O2S.C6H6/c1-9(8-16-10(2)14)11(15)12-13-6-4-3-5-7-13;1-2-4-6-5-3-1/h9H,3-8H2,1-2H3,(H,12,15);1-6H. The number of carbonyl (C=O) groups is 2. The van der Waals surface area contributed by atoms with Crippen molar-refractivity contribution in [3.05, 3.63) is 36.4 Å². The molecule has 1 aliphatic rings. The van der Waals surface area contributed by atoms with Crippen LogP contribution in [0.5, 0.6) is 0 Å². The van der Waals surface area contributed by atoms with Crippen LogP contribution in [0.4, 0.5) is 0 Å². The molecule has 1 saturated heterocycles. The van der Waals surface area contributed by atoms with Crippen molar-refractivity contribution in [3.8, 4) is 0 Å². The van der Waals surface area contributed by atoms with E-state index in [0.29, 0.717) is 5.75 Å². The number of carbonyl (C=O) groups excluding carboxylic acids is 2. The van der Waals surface area contributed by atoms with Crippen LogP contribution >= 0.6 is 11.8 Å². The SMILES string of the molecule is CC(=O)SCC(C)C(=O)NN1CCCCC1.c1ccccc1. The molecule has 0 radical (unpaired) electrons. The Bertz CT molecular complexity index is 407. The number of amides is 1. The molecule has 4 nitrogen and oxygen atoms in total. The second-order valence-electron chi connectivity index (χ2n) is 5.38. The van der Waals surface area contributed by atoms with E-state index in [1.54, 1.807) is 0 Å². The van der Waals surface area contributed by atoms with Gasteiger partial charge in [0.25, 0.3) is 0 Å². The highest BCUT2D eigenvalue weighted by atomic mass is 32.2. The first-order valence-corrected chi connectivity index (χ1v) is 8.77. The van der Waals surface area contributed by atoms with E-state index in [1.165, 1.54) is 25.1 Å². The molecule has 5 heteroatoms. The first kappa shape index (κ1) is 18.7. The summed E-state index contributed by atoms with van der Waals surface area (Å²) in [7, 11) is 0. The largest absolute Gasteiger partial charge is 0.289 e. The lowest BCUT2D eigenvalue weighted by Crippen LogP contribution is -2.47. The second-order valence-corrected chi connectivity index (χ2v) is 6.58. The quantitative estimate of drug-likeness (QED) is 0.925. The van der Waals surface area contributed by atoms with Gasteiger partial charge in [-0.3, -0.25) is 15.0 Å². The average molecular weight is 322 g/mol. The van der Waals surface area contributed by atoms with Crippen molar-refractivity contribution < 1.29 is 9.59 Å². The molecule has 0 aromatic heterocycles. The van der Waals surface area contributed by atoms with Gasteiger partial charge in [0.1, 0.15) is 0 Å². The minimum Gasteiger partial charge on any atom is -0.289 e. The third-order valence-electron chi connectivity index (χ3n) is 3.28. The zero-order valence-corrected chi connectivity index (χ0v) is 14.3. The normalized spacial score (nSPS) is 16.1. The van der Waals surface area contributed by atoms with Crippen LogP contribution < -0.4 is 5.43 Å². The van der Waals surface area contributed by atoms with Gasteiger partial charge in [0.15, 0.2) is 5.12 Å². The van der Waals surface area contributed by atoms with Gasteiger partial charge in [-0.2, -0.15) is 0 Å². The number of thioether (sulfide) groups is 1. The highest BCUT2D eigenvalue weighted by molar-refractivity contribution is 8.13. The summed E-state index contributed by atoms with van der Waals surface area (Å²) < 4.78 is 0. The average Bonchev–Trinajstić information content (AvgIpc) is 2.55. The van der Waals surface area contributed by atoms with E-state index in [1.807, 2.05) is 48.3 Å². The van der Waals surface area contributed by atoms with Gasteiger partial charge in [0, 0.05) is 31.7 Å². The van der Waals surface area contributed by atoms with Crippen LogP contribution in [0.2, 0.25) is 0 Å². The Labute approximate surface area is 137 Å². The van der Waals surface area contributed by atoms with Gasteiger partial charge < -0.3 is 0 Å². The van der Waals surface area contributed by atoms with Crippen molar-refractivity contribution in [2.45, 2.75) is 33.1 Å². The molecule has 1 atom stereocenters. The number of nitrogens with zero attached hydrogens (tertiary/aromatic N) is 1. The van der Waals surface area contributed by atoms with Crippen molar-refractivity contribution >= 4 is 22.8 Å². The van der Waals surface area contributed by atoms with E-state index in [4.69, 9.17) is 0 Å². The number of nitrogens with one attached hydrogen (secondary N) is 1. The van der Waals surface area contributed by atoms with E-state index in [2.05, 4.69) is 5.43 Å². The number of hydrazine groups is 1. The minimum atomic E-state index is -0.115. The molecule has 0 bridgehead atoms. The Morgan fingerprint density at radius 1 is 1.05 bits per heavy atom. The Hall–Kier alpha value is -1.33. The monoisotopic (exact) mass is 322 g/mol. The van der Waals surface area contributed by atoms with Crippen LogP contribution in [-0.4, -0.2) is 34.9 Å². The Balaban J connectivity index is 0.000000335. The molecule has 0 saturated carbocycles. The number of rotatable bonds is 4. The van der Waals surface area contributed by atoms with E-state index in [9.17, 15) is 9.59 Å². The maximum atomic E-state index is 11.7. The summed E-state index contributed by atoms with van der Waals surface area (Å²) in [6.07, 6.45) is 3.55. The number of hydrogen-bond donors (Lipinski definition) is 1. The fourth-order valence-corrected chi connectivity index (χ4v) is 2.61. The van der Waals surface area contributed by atoms with Crippen molar-refractivity contribution in [1.82, 2.24) is 10.4 Å². The highest BCUT2D eigenvalue weighted by Crippen LogP contribution is 2.11. The first-order chi connectivity index (χ1) is 10.6. The minimum absolute atomic E-state index is 0.0238. The summed E-state index contributed by atoms with van der Waals surface area (Å²) >= 11 is 1.21. The zero-order chi connectivity index (χ0) is 16.2. The summed E-state index contributed by atoms with van der Waals surface area (Å²) in [4.78, 5) is 22.5. The maximum absolute atomic E-state index is 11.7. The zero-order valence-electron chi connectivity index (χ0n) is 13.5. The van der Waals surface area contributed by atoms with Crippen molar-refractivity contribution in [3.63, 3.8) is 0 Å². The second kappa shape index (κ2) is 11.3. The van der Waals surface area contributed by atoms with Gasteiger partial charge >= 0.3 is 0 Å². The molecule has 0 spiro atoms. The molecule has 2 rings (SSSR count). The first-order valence-electron chi connectivity index (χ1n) is 7.78. The third kappa shape index (κ3) is 8.85. The fraction of sp³-hybridized carbons (Fsp3) is 0.529. The van der Waals surface area contributed by atoms with E-state index >= 15 is 0 Å². The Morgan fingerprint density at radius 3 is 2.00 bits per heavy atom. The summed E-state index contributed by atoms with van der Waals surface area (Å²) in [5.74, 6) is 0.473. The molecule has 1 aliphatic heterocycles. The molecule has 1 unspecified atom stereocenters. The van der Waals surface area contributed by atoms with Gasteiger partial charge in [-0.25, -0.2) is 5.01 Å². The Kier molecular flexibility index (Phi) is 9.59. The Morgan fingerprint density at radius 2 is 1.55 bits per heavy atom. The molecule has 1 aromatic rings. The van der Waals surface area contributed by atoms with Crippen LogP contribution in [0, 0.1) is 5.92 Å². The van der Waals surface area contributed by atoms with Crippen LogP contribution in [-0.2, 0) is 9.59 Å².